The minimum atomic E-state index is -3.43. The van der Waals surface area contributed by atoms with E-state index < -0.39 is 10.0 Å². The molecule has 5 nitrogen and oxygen atoms in total. The Morgan fingerprint density at radius 1 is 1.19 bits per heavy atom. The van der Waals surface area contributed by atoms with Gasteiger partial charge in [0, 0.05) is 30.7 Å². The minimum absolute atomic E-state index is 0.334. The van der Waals surface area contributed by atoms with E-state index >= 15 is 0 Å². The van der Waals surface area contributed by atoms with Crippen LogP contribution in [0.15, 0.2) is 29.7 Å². The van der Waals surface area contributed by atoms with Crippen molar-refractivity contribution in [3.8, 4) is 0 Å². The van der Waals surface area contributed by atoms with Crippen molar-refractivity contribution >= 4 is 27.7 Å². The summed E-state index contributed by atoms with van der Waals surface area (Å²) >= 11 is 5.76. The lowest BCUT2D eigenvalue weighted by Gasteiger charge is -2.04. The van der Waals surface area contributed by atoms with Crippen LogP contribution in [0.2, 0.25) is 5.02 Å². The van der Waals surface area contributed by atoms with E-state index in [1.807, 2.05) is 0 Å². The van der Waals surface area contributed by atoms with Gasteiger partial charge in [0.2, 0.25) is 10.0 Å². The Labute approximate surface area is 131 Å². The lowest BCUT2D eigenvalue weighted by molar-refractivity contribution is 0.0699. The fourth-order valence-electron chi connectivity index (χ4n) is 1.42. The number of methoxy groups -OCH3 is 1. The quantitative estimate of drug-likeness (QED) is 0.667. The second-order valence-corrected chi connectivity index (χ2v) is 6.34. The topological polar surface area (TPSA) is 64.6 Å². The fraction of sp³-hybridized carbons (Fsp3) is 0.429. The molecule has 0 atom stereocenters. The average molecular weight is 334 g/mol. The monoisotopic (exact) mass is 333 g/mol. The first-order valence-electron chi connectivity index (χ1n) is 6.53. The van der Waals surface area contributed by atoms with Crippen molar-refractivity contribution in [2.75, 3.05) is 33.5 Å². The maximum atomic E-state index is 11.7. The maximum absolute atomic E-state index is 11.7. The van der Waals surface area contributed by atoms with Crippen molar-refractivity contribution in [2.24, 2.45) is 0 Å². The molecule has 0 radical (unpaired) electrons. The summed E-state index contributed by atoms with van der Waals surface area (Å²) in [4.78, 5) is 0. The molecule has 0 aliphatic heterocycles. The Bertz CT molecular complexity index is 528. The van der Waals surface area contributed by atoms with Crippen LogP contribution in [-0.4, -0.2) is 41.9 Å². The van der Waals surface area contributed by atoms with Gasteiger partial charge in [-0.2, -0.15) is 0 Å². The van der Waals surface area contributed by atoms with Crippen LogP contribution >= 0.6 is 11.6 Å². The summed E-state index contributed by atoms with van der Waals surface area (Å²) < 4.78 is 36.0. The smallest absolute Gasteiger partial charge is 0.233 e. The molecule has 0 unspecified atom stereocenters. The predicted molar refractivity (Wildman–Crippen MR) is 84.7 cm³/mol. The van der Waals surface area contributed by atoms with Crippen molar-refractivity contribution in [3.05, 3.63) is 40.3 Å². The highest BCUT2D eigenvalue weighted by Gasteiger charge is 2.03. The molecular formula is C14H20ClNO4S. The lowest BCUT2D eigenvalue weighted by Crippen LogP contribution is -2.23. The zero-order valence-corrected chi connectivity index (χ0v) is 13.5. The number of hydrogen-bond acceptors (Lipinski definition) is 4. The molecule has 0 bridgehead atoms. The Kier molecular flexibility index (Phi) is 8.56. The minimum Gasteiger partial charge on any atom is -0.382 e. The molecule has 1 rings (SSSR count). The van der Waals surface area contributed by atoms with Crippen molar-refractivity contribution in [1.82, 2.24) is 4.72 Å². The van der Waals surface area contributed by atoms with E-state index in [2.05, 4.69) is 4.72 Å². The van der Waals surface area contributed by atoms with E-state index in [1.54, 1.807) is 31.4 Å². The fourth-order valence-corrected chi connectivity index (χ4v) is 2.41. The van der Waals surface area contributed by atoms with Gasteiger partial charge in [0.05, 0.1) is 13.2 Å². The van der Waals surface area contributed by atoms with Crippen LogP contribution in [0.25, 0.3) is 6.08 Å². The largest absolute Gasteiger partial charge is 0.382 e. The van der Waals surface area contributed by atoms with Gasteiger partial charge < -0.3 is 9.47 Å². The molecule has 0 aromatic heterocycles. The van der Waals surface area contributed by atoms with Crippen LogP contribution in [-0.2, 0) is 19.5 Å². The van der Waals surface area contributed by atoms with E-state index in [0.29, 0.717) is 37.8 Å². The summed E-state index contributed by atoms with van der Waals surface area (Å²) in [5, 5.41) is 1.75. The van der Waals surface area contributed by atoms with Crippen LogP contribution in [0, 0.1) is 0 Å². The molecule has 0 amide bonds. The van der Waals surface area contributed by atoms with Gasteiger partial charge in [0.15, 0.2) is 0 Å². The molecule has 21 heavy (non-hydrogen) atoms. The van der Waals surface area contributed by atoms with Crippen molar-refractivity contribution in [3.63, 3.8) is 0 Å². The van der Waals surface area contributed by atoms with Crippen molar-refractivity contribution in [1.29, 1.82) is 0 Å². The standard InChI is InChI=1S/C14H20ClNO4S/c1-19-10-11-20-9-2-8-16-21(17,18)12-7-13-3-5-14(15)6-4-13/h3-7,12,16H,2,8-11H2,1H3/b12-7+. The third-order valence-electron chi connectivity index (χ3n) is 2.51. The molecule has 1 N–H and O–H groups in total. The summed E-state index contributed by atoms with van der Waals surface area (Å²) in [6.45, 7) is 1.88. The summed E-state index contributed by atoms with van der Waals surface area (Å²) in [6.07, 6.45) is 2.13. The molecule has 1 aromatic carbocycles. The van der Waals surface area contributed by atoms with Crippen molar-refractivity contribution < 1.29 is 17.9 Å². The van der Waals surface area contributed by atoms with Crippen LogP contribution in [0.4, 0.5) is 0 Å². The molecule has 1 aromatic rings. The Morgan fingerprint density at radius 2 is 1.90 bits per heavy atom. The first kappa shape index (κ1) is 18.1. The number of benzene rings is 1. The summed E-state index contributed by atoms with van der Waals surface area (Å²) in [7, 11) is -1.83. The predicted octanol–water partition coefficient (Wildman–Crippen LogP) is 2.28. The Balaban J connectivity index is 2.28. The highest BCUT2D eigenvalue weighted by molar-refractivity contribution is 7.92. The third kappa shape index (κ3) is 8.85. The van der Waals surface area contributed by atoms with Crippen LogP contribution in [0.5, 0.6) is 0 Å². The SMILES string of the molecule is COCCOCCCNS(=O)(=O)/C=C/c1ccc(Cl)cc1. The second-order valence-electron chi connectivity index (χ2n) is 4.25. The van der Waals surface area contributed by atoms with Crippen molar-refractivity contribution in [2.45, 2.75) is 6.42 Å². The van der Waals surface area contributed by atoms with E-state index in [1.165, 1.54) is 6.08 Å². The van der Waals surface area contributed by atoms with Gasteiger partial charge in [0.1, 0.15) is 0 Å². The number of hydrogen-bond donors (Lipinski definition) is 1. The molecule has 0 heterocycles. The molecule has 0 fully saturated rings. The van der Waals surface area contributed by atoms with E-state index in [9.17, 15) is 8.42 Å². The van der Waals surface area contributed by atoms with Gasteiger partial charge in [-0.3, -0.25) is 0 Å². The van der Waals surface area contributed by atoms with Gasteiger partial charge in [-0.05, 0) is 30.2 Å². The average Bonchev–Trinajstić information content (AvgIpc) is 2.46. The highest BCUT2D eigenvalue weighted by Crippen LogP contribution is 2.11. The number of ether oxygens (including phenoxy) is 2. The first-order chi connectivity index (χ1) is 10.0. The highest BCUT2D eigenvalue weighted by atomic mass is 35.5. The first-order valence-corrected chi connectivity index (χ1v) is 8.46. The summed E-state index contributed by atoms with van der Waals surface area (Å²) in [5.41, 5.74) is 0.771. The third-order valence-corrected chi connectivity index (χ3v) is 3.86. The molecule has 0 aliphatic carbocycles. The molecule has 0 saturated carbocycles. The molecule has 7 heteroatoms. The van der Waals surface area contributed by atoms with Gasteiger partial charge in [-0.25, -0.2) is 13.1 Å². The second kappa shape index (κ2) is 9.92. The number of sulfonamides is 1. The number of nitrogens with one attached hydrogen (secondary N) is 1. The van der Waals surface area contributed by atoms with Crippen LogP contribution in [0.1, 0.15) is 12.0 Å². The normalized spacial score (nSPS) is 12.1. The number of rotatable bonds is 10. The summed E-state index contributed by atoms with van der Waals surface area (Å²) in [5.74, 6) is 0. The molecular weight excluding hydrogens is 314 g/mol. The van der Waals surface area contributed by atoms with Crippen LogP contribution in [0.3, 0.4) is 0 Å². The van der Waals surface area contributed by atoms with Gasteiger partial charge >= 0.3 is 0 Å². The van der Waals surface area contributed by atoms with E-state index in [0.717, 1.165) is 11.0 Å². The zero-order chi connectivity index (χ0) is 15.6. The molecule has 0 saturated heterocycles. The van der Waals surface area contributed by atoms with E-state index in [-0.39, 0.29) is 0 Å². The molecule has 0 aliphatic rings. The van der Waals surface area contributed by atoms with E-state index in [4.69, 9.17) is 21.1 Å². The van der Waals surface area contributed by atoms with Gasteiger partial charge in [-0.15, -0.1) is 0 Å². The zero-order valence-electron chi connectivity index (χ0n) is 11.9. The lowest BCUT2D eigenvalue weighted by atomic mass is 10.2. The Hall–Kier alpha value is -0.920. The molecule has 0 spiro atoms. The maximum Gasteiger partial charge on any atom is 0.233 e. The van der Waals surface area contributed by atoms with Gasteiger partial charge in [-0.1, -0.05) is 23.7 Å². The number of halogens is 1. The van der Waals surface area contributed by atoms with Crippen LogP contribution < -0.4 is 4.72 Å². The molecule has 118 valence electrons. The summed E-state index contributed by atoms with van der Waals surface area (Å²) in [6, 6.07) is 6.91. The van der Waals surface area contributed by atoms with Gasteiger partial charge in [0.25, 0.3) is 0 Å². The Morgan fingerprint density at radius 3 is 2.57 bits per heavy atom.